The lowest BCUT2D eigenvalue weighted by atomic mass is 10.0. The maximum absolute atomic E-state index is 12.0. The van der Waals surface area contributed by atoms with Gasteiger partial charge in [0, 0.05) is 0 Å². The molecule has 0 heterocycles. The van der Waals surface area contributed by atoms with E-state index in [0.717, 1.165) is 5.56 Å². The fourth-order valence-corrected chi connectivity index (χ4v) is 2.05. The first-order valence-electron chi connectivity index (χ1n) is 7.13. The monoisotopic (exact) mass is 292 g/mol. The van der Waals surface area contributed by atoms with Crippen LogP contribution in [0, 0.1) is 5.92 Å². The summed E-state index contributed by atoms with van der Waals surface area (Å²) in [7, 11) is 1.32. The van der Waals surface area contributed by atoms with Crippen LogP contribution in [0.1, 0.15) is 38.8 Å². The van der Waals surface area contributed by atoms with Crippen molar-refractivity contribution in [2.75, 3.05) is 7.11 Å². The SMILES string of the molecule is COC(=O)[C@H](CC(C)C)NC(=O)N[C@H](C)c1ccccc1. The van der Waals surface area contributed by atoms with Gasteiger partial charge in [-0.25, -0.2) is 9.59 Å². The molecule has 0 aliphatic carbocycles. The third kappa shape index (κ3) is 5.85. The van der Waals surface area contributed by atoms with Crippen molar-refractivity contribution in [1.29, 1.82) is 0 Å². The van der Waals surface area contributed by atoms with Crippen molar-refractivity contribution in [2.45, 2.75) is 39.3 Å². The second-order valence-electron chi connectivity index (χ2n) is 5.46. The number of ether oxygens (including phenoxy) is 1. The van der Waals surface area contributed by atoms with Crippen molar-refractivity contribution >= 4 is 12.0 Å². The average molecular weight is 292 g/mol. The van der Waals surface area contributed by atoms with Gasteiger partial charge in [-0.15, -0.1) is 0 Å². The fraction of sp³-hybridized carbons (Fsp3) is 0.500. The molecule has 5 nitrogen and oxygen atoms in total. The highest BCUT2D eigenvalue weighted by Gasteiger charge is 2.23. The lowest BCUT2D eigenvalue weighted by Gasteiger charge is -2.20. The zero-order chi connectivity index (χ0) is 15.8. The minimum absolute atomic E-state index is 0.136. The van der Waals surface area contributed by atoms with E-state index in [1.54, 1.807) is 0 Å². The Bertz CT molecular complexity index is 460. The largest absolute Gasteiger partial charge is 0.467 e. The highest BCUT2D eigenvalue weighted by Crippen LogP contribution is 2.11. The van der Waals surface area contributed by atoms with Crippen molar-refractivity contribution < 1.29 is 14.3 Å². The van der Waals surface area contributed by atoms with Gasteiger partial charge in [0.25, 0.3) is 0 Å². The van der Waals surface area contributed by atoms with Crippen LogP contribution >= 0.6 is 0 Å². The van der Waals surface area contributed by atoms with Gasteiger partial charge < -0.3 is 15.4 Å². The fourth-order valence-electron chi connectivity index (χ4n) is 2.05. The van der Waals surface area contributed by atoms with Crippen LogP contribution in [0.2, 0.25) is 0 Å². The van der Waals surface area contributed by atoms with Gasteiger partial charge in [0.2, 0.25) is 0 Å². The van der Waals surface area contributed by atoms with Crippen molar-refractivity contribution in [1.82, 2.24) is 10.6 Å². The average Bonchev–Trinajstić information content (AvgIpc) is 2.46. The molecule has 2 N–H and O–H groups in total. The number of urea groups is 1. The zero-order valence-corrected chi connectivity index (χ0v) is 13.1. The van der Waals surface area contributed by atoms with Crippen molar-refractivity contribution in [3.8, 4) is 0 Å². The third-order valence-electron chi connectivity index (χ3n) is 3.15. The van der Waals surface area contributed by atoms with Gasteiger partial charge in [0.05, 0.1) is 13.2 Å². The van der Waals surface area contributed by atoms with Crippen LogP contribution in [0.3, 0.4) is 0 Å². The number of nitrogens with one attached hydrogen (secondary N) is 2. The first-order chi connectivity index (χ1) is 9.93. The highest BCUT2D eigenvalue weighted by molar-refractivity contribution is 5.83. The number of benzene rings is 1. The molecule has 0 aromatic heterocycles. The molecule has 0 spiro atoms. The predicted octanol–water partition coefficient (Wildman–Crippen LogP) is 2.63. The van der Waals surface area contributed by atoms with Gasteiger partial charge in [-0.05, 0) is 24.8 Å². The van der Waals surface area contributed by atoms with E-state index in [1.165, 1.54) is 7.11 Å². The molecule has 116 valence electrons. The number of esters is 1. The van der Waals surface area contributed by atoms with Gasteiger partial charge in [0.15, 0.2) is 0 Å². The van der Waals surface area contributed by atoms with Gasteiger partial charge in [-0.2, -0.15) is 0 Å². The van der Waals surface area contributed by atoms with E-state index < -0.39 is 12.0 Å². The quantitative estimate of drug-likeness (QED) is 0.792. The number of carbonyl (C=O) groups excluding carboxylic acids is 2. The van der Waals surface area contributed by atoms with Crippen LogP contribution in [0.15, 0.2) is 30.3 Å². The minimum Gasteiger partial charge on any atom is -0.467 e. The first-order valence-corrected chi connectivity index (χ1v) is 7.13. The van der Waals surface area contributed by atoms with E-state index in [0.29, 0.717) is 6.42 Å². The molecular formula is C16H24N2O3. The maximum Gasteiger partial charge on any atom is 0.328 e. The summed E-state index contributed by atoms with van der Waals surface area (Å²) >= 11 is 0. The Morgan fingerprint density at radius 3 is 2.24 bits per heavy atom. The van der Waals surface area contributed by atoms with E-state index >= 15 is 0 Å². The lowest BCUT2D eigenvalue weighted by molar-refractivity contribution is -0.143. The molecule has 0 saturated carbocycles. The van der Waals surface area contributed by atoms with Crippen LogP contribution in [-0.4, -0.2) is 25.2 Å². The molecule has 0 bridgehead atoms. The molecule has 0 saturated heterocycles. The lowest BCUT2D eigenvalue weighted by Crippen LogP contribution is -2.47. The Balaban J connectivity index is 2.59. The Morgan fingerprint density at radius 1 is 1.10 bits per heavy atom. The Kier molecular flexibility index (Phi) is 6.72. The van der Waals surface area contributed by atoms with E-state index in [9.17, 15) is 9.59 Å². The number of methoxy groups -OCH3 is 1. The standard InChI is InChI=1S/C16H24N2O3/c1-11(2)10-14(15(19)21-4)18-16(20)17-12(3)13-8-6-5-7-9-13/h5-9,11-12,14H,10H2,1-4H3,(H2,17,18,20)/t12-,14+/m1/s1. The summed E-state index contributed by atoms with van der Waals surface area (Å²) in [5, 5.41) is 5.50. The number of hydrogen-bond donors (Lipinski definition) is 2. The smallest absolute Gasteiger partial charge is 0.328 e. The molecule has 2 atom stereocenters. The summed E-state index contributed by atoms with van der Waals surface area (Å²) in [4.78, 5) is 23.7. The van der Waals surface area contributed by atoms with Gasteiger partial charge >= 0.3 is 12.0 Å². The number of hydrogen-bond acceptors (Lipinski definition) is 3. The number of rotatable bonds is 6. The zero-order valence-electron chi connectivity index (χ0n) is 13.1. The molecule has 21 heavy (non-hydrogen) atoms. The van der Waals surface area contributed by atoms with E-state index in [-0.39, 0.29) is 18.0 Å². The number of amides is 2. The molecule has 2 amide bonds. The molecule has 5 heteroatoms. The second kappa shape index (κ2) is 8.29. The van der Waals surface area contributed by atoms with Crippen molar-refractivity contribution in [2.24, 2.45) is 5.92 Å². The Hall–Kier alpha value is -2.04. The van der Waals surface area contributed by atoms with Crippen molar-refractivity contribution in [3.63, 3.8) is 0 Å². The summed E-state index contributed by atoms with van der Waals surface area (Å²) in [5.41, 5.74) is 1.01. The molecule has 0 aliphatic rings. The molecule has 1 aromatic rings. The van der Waals surface area contributed by atoms with Crippen LogP contribution in [-0.2, 0) is 9.53 Å². The summed E-state index contributed by atoms with van der Waals surface area (Å²) in [6.45, 7) is 5.87. The topological polar surface area (TPSA) is 67.4 Å². The summed E-state index contributed by atoms with van der Waals surface area (Å²) in [6.07, 6.45) is 0.541. The van der Waals surface area contributed by atoms with Crippen molar-refractivity contribution in [3.05, 3.63) is 35.9 Å². The highest BCUT2D eigenvalue weighted by atomic mass is 16.5. The van der Waals surface area contributed by atoms with Gasteiger partial charge in [-0.1, -0.05) is 44.2 Å². The first kappa shape index (κ1) is 17.0. The normalized spacial score (nSPS) is 13.4. The van der Waals surface area contributed by atoms with Gasteiger partial charge in [0.1, 0.15) is 6.04 Å². The summed E-state index contributed by atoms with van der Waals surface area (Å²) < 4.78 is 4.72. The Labute approximate surface area is 126 Å². The molecule has 0 fully saturated rings. The molecule has 1 aromatic carbocycles. The molecule has 0 aliphatic heterocycles. The number of carbonyl (C=O) groups is 2. The molecule has 1 rings (SSSR count). The predicted molar refractivity (Wildman–Crippen MR) is 81.8 cm³/mol. The van der Waals surface area contributed by atoms with Gasteiger partial charge in [-0.3, -0.25) is 0 Å². The van der Waals surface area contributed by atoms with Crippen LogP contribution < -0.4 is 10.6 Å². The molecular weight excluding hydrogens is 268 g/mol. The van der Waals surface area contributed by atoms with Crippen LogP contribution in [0.5, 0.6) is 0 Å². The minimum atomic E-state index is -0.627. The molecule has 0 unspecified atom stereocenters. The van der Waals surface area contributed by atoms with E-state index in [2.05, 4.69) is 10.6 Å². The summed E-state index contributed by atoms with van der Waals surface area (Å²) in [6, 6.07) is 8.51. The molecule has 0 radical (unpaired) electrons. The van der Waals surface area contributed by atoms with E-state index in [1.807, 2.05) is 51.1 Å². The Morgan fingerprint density at radius 2 is 1.71 bits per heavy atom. The van der Waals surface area contributed by atoms with Crippen LogP contribution in [0.4, 0.5) is 4.79 Å². The summed E-state index contributed by atoms with van der Waals surface area (Å²) in [5.74, 6) is -0.146. The van der Waals surface area contributed by atoms with E-state index in [4.69, 9.17) is 4.74 Å². The third-order valence-corrected chi connectivity index (χ3v) is 3.15. The maximum atomic E-state index is 12.0. The second-order valence-corrected chi connectivity index (χ2v) is 5.46. The van der Waals surface area contributed by atoms with Crippen LogP contribution in [0.25, 0.3) is 0 Å².